The molecule has 422 valence electrons. The Labute approximate surface area is 525 Å². The zero-order valence-electron chi connectivity index (χ0n) is 49.3. The molecule has 1 aromatic heterocycles. The lowest BCUT2D eigenvalue weighted by Gasteiger charge is -2.45. The summed E-state index contributed by atoms with van der Waals surface area (Å²) in [4.78, 5) is 10.0. The van der Waals surface area contributed by atoms with Crippen LogP contribution in [0.1, 0.15) is 0 Å². The maximum Gasteiger partial charge on any atom is 0.252 e. The van der Waals surface area contributed by atoms with Crippen molar-refractivity contribution in [2.45, 2.75) is 0 Å². The molecule has 17 rings (SSSR count). The van der Waals surface area contributed by atoms with Crippen LogP contribution in [0.2, 0.25) is 0 Å². The first-order valence-electron chi connectivity index (χ1n) is 30.9. The molecule has 0 radical (unpaired) electrons. The molecule has 0 N–H and O–H groups in total. The topological polar surface area (TPSA) is 17.9 Å². The molecule has 15 aromatic rings. The van der Waals surface area contributed by atoms with Crippen molar-refractivity contribution in [2.75, 3.05) is 19.6 Å². The lowest BCUT2D eigenvalue weighted by Crippen LogP contribution is -2.61. The molecule has 0 saturated carbocycles. The zero-order chi connectivity index (χ0) is 59.5. The summed E-state index contributed by atoms with van der Waals surface area (Å²) in [7, 11) is 0. The molecule has 0 spiro atoms. The van der Waals surface area contributed by atoms with E-state index in [2.05, 4.69) is 376 Å². The van der Waals surface area contributed by atoms with Gasteiger partial charge in [-0.2, -0.15) is 0 Å². The Morgan fingerprint density at radius 1 is 0.244 bits per heavy atom. The largest absolute Gasteiger partial charge is 0.311 e. The molecule has 2 aliphatic heterocycles. The first kappa shape index (κ1) is 52.5. The second-order valence-electron chi connectivity index (χ2n) is 23.3. The predicted octanol–water partition coefficient (Wildman–Crippen LogP) is 20.8. The van der Waals surface area contributed by atoms with Crippen molar-refractivity contribution < 1.29 is 0 Å². The maximum atomic E-state index is 2.62. The van der Waals surface area contributed by atoms with Gasteiger partial charge in [0.2, 0.25) is 0 Å². The summed E-state index contributed by atoms with van der Waals surface area (Å²) in [6, 6.07) is 129. The van der Waals surface area contributed by atoms with Crippen LogP contribution in [-0.4, -0.2) is 11.3 Å². The van der Waals surface area contributed by atoms with Crippen LogP contribution in [0.3, 0.4) is 0 Å². The molecule has 14 aromatic carbocycles. The number of anilines is 12. The number of hydrogen-bond acceptors (Lipinski definition) is 4. The monoisotopic (exact) mass is 1150 g/mol. The summed E-state index contributed by atoms with van der Waals surface area (Å²) in [5, 5.41) is 2.37. The second kappa shape index (κ2) is 22.1. The van der Waals surface area contributed by atoms with Crippen molar-refractivity contribution in [2.24, 2.45) is 0 Å². The Balaban J connectivity index is 1.01. The van der Waals surface area contributed by atoms with Gasteiger partial charge in [-0.25, -0.2) is 0 Å². The normalized spacial score (nSPS) is 12.2. The van der Waals surface area contributed by atoms with Crippen molar-refractivity contribution in [3.8, 4) is 39.1 Å². The van der Waals surface area contributed by atoms with Crippen molar-refractivity contribution in [3.63, 3.8) is 0 Å². The van der Waals surface area contributed by atoms with E-state index in [-0.39, 0.29) is 6.71 Å². The van der Waals surface area contributed by atoms with E-state index < -0.39 is 0 Å². The van der Waals surface area contributed by atoms with E-state index in [9.17, 15) is 0 Å². The van der Waals surface area contributed by atoms with Gasteiger partial charge >= 0.3 is 0 Å². The van der Waals surface area contributed by atoms with Crippen molar-refractivity contribution in [1.29, 1.82) is 0 Å². The Kier molecular flexibility index (Phi) is 12.9. The minimum Gasteiger partial charge on any atom is -0.311 e. The van der Waals surface area contributed by atoms with Gasteiger partial charge in [-0.1, -0.05) is 231 Å². The van der Waals surface area contributed by atoms with Crippen LogP contribution in [-0.2, 0) is 0 Å². The van der Waals surface area contributed by atoms with Crippen molar-refractivity contribution in [3.05, 3.63) is 352 Å². The third-order valence-electron chi connectivity index (χ3n) is 18.1. The smallest absolute Gasteiger partial charge is 0.252 e. The van der Waals surface area contributed by atoms with Crippen molar-refractivity contribution >= 4 is 113 Å². The quantitative estimate of drug-likeness (QED) is 0.113. The van der Waals surface area contributed by atoms with Gasteiger partial charge in [-0.15, -0.1) is 0 Å². The molecular weight excluding hydrogens is 1090 g/mol. The van der Waals surface area contributed by atoms with Gasteiger partial charge in [0.1, 0.15) is 0 Å². The second-order valence-corrected chi connectivity index (χ2v) is 23.3. The predicted molar refractivity (Wildman–Crippen MR) is 380 cm³/mol. The summed E-state index contributed by atoms with van der Waals surface area (Å²) in [6.07, 6.45) is 0. The molecule has 3 heterocycles. The molecule has 0 atom stereocenters. The fraction of sp³-hybridized carbons (Fsp3) is 0. The van der Waals surface area contributed by atoms with E-state index in [0.717, 1.165) is 102 Å². The molecule has 0 amide bonds. The van der Waals surface area contributed by atoms with Crippen molar-refractivity contribution in [1.82, 2.24) is 4.57 Å². The molecule has 2 aliphatic rings. The lowest BCUT2D eigenvalue weighted by molar-refractivity contribution is 1.18. The SMILES string of the molecule is c1ccc(-c2ccc(N3c4cc(N(c5ccccc5)c5ccccc5)ccc4B4c5ccc6c(c5N(c5cccc(-c7ccccc7)c5)c5cc(N(c7ccccc7)c7ccccc7)cc3c54)c3ccccc3n6-c3cccc(-c4ccccc4)c3)cc2)cc1. The fourth-order valence-electron chi connectivity index (χ4n) is 14.1. The minimum absolute atomic E-state index is 0.215. The van der Waals surface area contributed by atoms with E-state index in [1.807, 2.05) is 0 Å². The van der Waals surface area contributed by atoms with Gasteiger partial charge in [0, 0.05) is 73.3 Å². The van der Waals surface area contributed by atoms with Gasteiger partial charge in [-0.05, 0) is 171 Å². The van der Waals surface area contributed by atoms with Crippen LogP contribution in [0, 0.1) is 0 Å². The van der Waals surface area contributed by atoms with Gasteiger partial charge in [0.15, 0.2) is 0 Å². The number of fused-ring (bicyclic) bond motifs is 8. The van der Waals surface area contributed by atoms with Crippen LogP contribution in [0.5, 0.6) is 0 Å². The highest BCUT2D eigenvalue weighted by Crippen LogP contribution is 2.52. The number of aromatic nitrogens is 1. The van der Waals surface area contributed by atoms with Crippen LogP contribution in [0.4, 0.5) is 68.2 Å². The van der Waals surface area contributed by atoms with E-state index >= 15 is 0 Å². The third kappa shape index (κ3) is 8.95. The highest BCUT2D eigenvalue weighted by molar-refractivity contribution is 7.00. The number of rotatable bonds is 12. The number of benzene rings is 14. The molecule has 0 aliphatic carbocycles. The highest BCUT2D eigenvalue weighted by atomic mass is 15.2. The van der Waals surface area contributed by atoms with E-state index in [0.29, 0.717) is 0 Å². The molecule has 6 heteroatoms. The average Bonchev–Trinajstić information content (AvgIpc) is 1.10. The number of para-hydroxylation sites is 5. The van der Waals surface area contributed by atoms with Gasteiger partial charge in [0.25, 0.3) is 6.71 Å². The Hall–Kier alpha value is -11.9. The number of nitrogens with zero attached hydrogens (tertiary/aromatic N) is 5. The van der Waals surface area contributed by atoms with Crippen LogP contribution in [0.25, 0.3) is 60.9 Å². The first-order valence-corrected chi connectivity index (χ1v) is 30.9. The summed E-state index contributed by atoms with van der Waals surface area (Å²) in [5.74, 6) is 0. The molecule has 0 fully saturated rings. The van der Waals surface area contributed by atoms with Gasteiger partial charge in [0.05, 0.1) is 22.4 Å². The van der Waals surface area contributed by atoms with Gasteiger partial charge < -0.3 is 24.2 Å². The third-order valence-corrected chi connectivity index (χ3v) is 18.1. The van der Waals surface area contributed by atoms with Crippen LogP contribution >= 0.6 is 0 Å². The van der Waals surface area contributed by atoms with E-state index in [4.69, 9.17) is 0 Å². The standard InChI is InChI=1S/C84H58BN5/c1-8-26-59(27-9-1)62-46-48-69(49-47-62)88-79-56-72(86(65-34-14-4-15-35-65)66-36-16-5-17-37-66)50-51-75(79)85-76-52-53-78-82(74-44-22-23-45-77(74)89(78)70-42-24-32-63(54-70)60-28-10-2-11-29-60)84(76)90(71-43-25-33-64(55-71)61-30-12-3-13-31-61)81-58-73(57-80(88)83(81)85)87(67-38-18-6-19-39-67)68-40-20-7-21-41-68/h1-58H. The molecule has 90 heavy (non-hydrogen) atoms. The maximum absolute atomic E-state index is 2.62. The highest BCUT2D eigenvalue weighted by Gasteiger charge is 2.45. The summed E-state index contributed by atoms with van der Waals surface area (Å²) in [6.45, 7) is -0.215. The van der Waals surface area contributed by atoms with Crippen LogP contribution in [0.15, 0.2) is 352 Å². The fourth-order valence-corrected chi connectivity index (χ4v) is 14.1. The summed E-state index contributed by atoms with van der Waals surface area (Å²) in [5.41, 5.74) is 27.0. The Bertz CT molecular complexity index is 5040. The number of hydrogen-bond donors (Lipinski definition) is 0. The Morgan fingerprint density at radius 3 is 1.22 bits per heavy atom. The Morgan fingerprint density at radius 2 is 0.667 bits per heavy atom. The first-order chi connectivity index (χ1) is 44.7. The molecular formula is C84H58BN5. The van der Waals surface area contributed by atoms with Gasteiger partial charge in [-0.3, -0.25) is 0 Å². The van der Waals surface area contributed by atoms with E-state index in [1.165, 1.54) is 43.9 Å². The summed E-state index contributed by atoms with van der Waals surface area (Å²) < 4.78 is 2.49. The van der Waals surface area contributed by atoms with Crippen LogP contribution < -0.4 is 36.0 Å². The van der Waals surface area contributed by atoms with E-state index in [1.54, 1.807) is 0 Å². The molecule has 5 nitrogen and oxygen atoms in total. The molecule has 0 bridgehead atoms. The summed E-state index contributed by atoms with van der Waals surface area (Å²) >= 11 is 0. The lowest BCUT2D eigenvalue weighted by atomic mass is 9.33. The molecule has 0 unspecified atom stereocenters. The minimum atomic E-state index is -0.215. The zero-order valence-corrected chi connectivity index (χ0v) is 49.3. The molecule has 0 saturated heterocycles. The average molecular weight is 1150 g/mol.